The molecule has 5 nitrogen and oxygen atoms in total. The summed E-state index contributed by atoms with van der Waals surface area (Å²) in [6, 6.07) is 6.27. The van der Waals surface area contributed by atoms with Gasteiger partial charge in [-0.25, -0.2) is 4.99 Å². The normalized spacial score (nSPS) is 13.6. The molecule has 1 aromatic carbocycles. The molecule has 0 aliphatic carbocycles. The molecule has 0 radical (unpaired) electrons. The average molecular weight is 356 g/mol. The Labute approximate surface area is 155 Å². The lowest BCUT2D eigenvalue weighted by Crippen LogP contribution is -2.06. The fourth-order valence-electron chi connectivity index (χ4n) is 3.24. The van der Waals surface area contributed by atoms with Crippen LogP contribution in [0, 0.1) is 13.8 Å². The Morgan fingerprint density at radius 3 is 2.69 bits per heavy atom. The summed E-state index contributed by atoms with van der Waals surface area (Å²) in [6.45, 7) is 8.37. The number of benzene rings is 1. The molecule has 5 heteroatoms. The van der Waals surface area contributed by atoms with Crippen molar-refractivity contribution in [3.05, 3.63) is 46.3 Å². The standard InChI is InChI=1S/C21H28N2O3/c1-4-17-14-18(21-22-9-11-25-21)12-15(2)20(17)24-10-7-5-6-8-19-13-16(3)23-26-19/h12-14H,4-11H2,1-3H3. The molecule has 3 rings (SSSR count). The number of aromatic nitrogens is 1. The second-order valence-electron chi connectivity index (χ2n) is 6.76. The molecule has 2 aromatic rings. The van der Waals surface area contributed by atoms with Crippen LogP contribution in [0.1, 0.15) is 54.3 Å². The summed E-state index contributed by atoms with van der Waals surface area (Å²) < 4.78 is 16.9. The molecule has 0 bridgehead atoms. The van der Waals surface area contributed by atoms with Gasteiger partial charge in [0.25, 0.3) is 0 Å². The lowest BCUT2D eigenvalue weighted by atomic mass is 10.0. The molecule has 0 saturated heterocycles. The van der Waals surface area contributed by atoms with E-state index >= 15 is 0 Å². The third kappa shape index (κ3) is 4.65. The number of ether oxygens (including phenoxy) is 2. The van der Waals surface area contributed by atoms with Gasteiger partial charge in [0.15, 0.2) is 0 Å². The van der Waals surface area contributed by atoms with E-state index in [-0.39, 0.29) is 0 Å². The predicted octanol–water partition coefficient (Wildman–Crippen LogP) is 4.42. The first-order valence-electron chi connectivity index (χ1n) is 9.53. The topological polar surface area (TPSA) is 56.9 Å². The van der Waals surface area contributed by atoms with Crippen LogP contribution in [-0.2, 0) is 17.6 Å². The van der Waals surface area contributed by atoms with Gasteiger partial charge in [0, 0.05) is 18.1 Å². The molecular weight excluding hydrogens is 328 g/mol. The van der Waals surface area contributed by atoms with Crippen LogP contribution < -0.4 is 4.74 Å². The van der Waals surface area contributed by atoms with Crippen LogP contribution in [0.2, 0.25) is 0 Å². The summed E-state index contributed by atoms with van der Waals surface area (Å²) in [7, 11) is 0. The number of aliphatic imine (C=N–C) groups is 1. The number of unbranched alkanes of at least 4 members (excludes halogenated alkanes) is 2. The SMILES string of the molecule is CCc1cc(C2=NCCO2)cc(C)c1OCCCCCc1cc(C)no1. The highest BCUT2D eigenvalue weighted by Gasteiger charge is 2.15. The molecule has 0 spiro atoms. The van der Waals surface area contributed by atoms with Crippen LogP contribution in [0.5, 0.6) is 5.75 Å². The smallest absolute Gasteiger partial charge is 0.216 e. The van der Waals surface area contributed by atoms with Gasteiger partial charge in [-0.2, -0.15) is 0 Å². The van der Waals surface area contributed by atoms with Gasteiger partial charge >= 0.3 is 0 Å². The monoisotopic (exact) mass is 356 g/mol. The van der Waals surface area contributed by atoms with E-state index in [9.17, 15) is 0 Å². The van der Waals surface area contributed by atoms with Gasteiger partial charge in [0.2, 0.25) is 5.90 Å². The summed E-state index contributed by atoms with van der Waals surface area (Å²) >= 11 is 0. The van der Waals surface area contributed by atoms with Crippen molar-refractivity contribution in [3.8, 4) is 5.75 Å². The Bertz CT molecular complexity index is 765. The van der Waals surface area contributed by atoms with Crippen LogP contribution in [0.25, 0.3) is 0 Å². The van der Waals surface area contributed by atoms with Gasteiger partial charge < -0.3 is 14.0 Å². The number of hydrogen-bond donors (Lipinski definition) is 0. The van der Waals surface area contributed by atoms with Gasteiger partial charge in [0.1, 0.15) is 18.1 Å². The molecule has 140 valence electrons. The minimum atomic E-state index is 0.682. The van der Waals surface area contributed by atoms with E-state index in [1.807, 2.05) is 13.0 Å². The average Bonchev–Trinajstić information content (AvgIpc) is 3.30. The van der Waals surface area contributed by atoms with E-state index < -0.39 is 0 Å². The minimum Gasteiger partial charge on any atom is -0.493 e. The Balaban J connectivity index is 1.49. The molecule has 0 atom stereocenters. The Morgan fingerprint density at radius 2 is 2.00 bits per heavy atom. The van der Waals surface area contributed by atoms with E-state index in [1.54, 1.807) is 0 Å². The van der Waals surface area contributed by atoms with Crippen molar-refractivity contribution in [2.75, 3.05) is 19.8 Å². The van der Waals surface area contributed by atoms with Crippen molar-refractivity contribution in [1.82, 2.24) is 5.16 Å². The summed E-state index contributed by atoms with van der Waals surface area (Å²) in [5.41, 5.74) is 4.37. The van der Waals surface area contributed by atoms with Crippen molar-refractivity contribution in [3.63, 3.8) is 0 Å². The molecule has 0 N–H and O–H groups in total. The van der Waals surface area contributed by atoms with E-state index in [0.29, 0.717) is 6.61 Å². The summed E-state index contributed by atoms with van der Waals surface area (Å²) in [5, 5.41) is 3.92. The first-order valence-corrected chi connectivity index (χ1v) is 9.53. The maximum atomic E-state index is 6.12. The van der Waals surface area contributed by atoms with Crippen LogP contribution in [0.15, 0.2) is 27.7 Å². The maximum Gasteiger partial charge on any atom is 0.216 e. The van der Waals surface area contributed by atoms with Crippen molar-refractivity contribution in [2.24, 2.45) is 4.99 Å². The summed E-state index contributed by atoms with van der Waals surface area (Å²) in [5.74, 6) is 2.75. The van der Waals surface area contributed by atoms with Crippen LogP contribution in [-0.4, -0.2) is 30.8 Å². The van der Waals surface area contributed by atoms with Crippen LogP contribution in [0.3, 0.4) is 0 Å². The fraction of sp³-hybridized carbons (Fsp3) is 0.524. The van der Waals surface area contributed by atoms with Crippen molar-refractivity contribution < 1.29 is 14.0 Å². The largest absolute Gasteiger partial charge is 0.493 e. The summed E-state index contributed by atoms with van der Waals surface area (Å²) in [4.78, 5) is 4.42. The highest BCUT2D eigenvalue weighted by Crippen LogP contribution is 2.27. The van der Waals surface area contributed by atoms with Gasteiger partial charge in [-0.05, 0) is 62.8 Å². The van der Waals surface area contributed by atoms with Gasteiger partial charge in [-0.3, -0.25) is 0 Å². The maximum absolute atomic E-state index is 6.12. The third-order valence-electron chi connectivity index (χ3n) is 4.56. The van der Waals surface area contributed by atoms with Gasteiger partial charge in [-0.15, -0.1) is 0 Å². The molecule has 0 fully saturated rings. The fourth-order valence-corrected chi connectivity index (χ4v) is 3.24. The zero-order chi connectivity index (χ0) is 18.4. The van der Waals surface area contributed by atoms with Crippen LogP contribution in [0.4, 0.5) is 0 Å². The van der Waals surface area contributed by atoms with E-state index in [2.05, 4.69) is 36.1 Å². The second kappa shape index (κ2) is 8.88. The Morgan fingerprint density at radius 1 is 1.12 bits per heavy atom. The van der Waals surface area contributed by atoms with Gasteiger partial charge in [-0.1, -0.05) is 12.1 Å². The number of aryl methyl sites for hydroxylation is 4. The molecule has 0 saturated carbocycles. The van der Waals surface area contributed by atoms with Crippen molar-refractivity contribution >= 4 is 5.90 Å². The molecule has 1 aliphatic heterocycles. The first-order chi connectivity index (χ1) is 12.7. The van der Waals surface area contributed by atoms with E-state index in [0.717, 1.165) is 79.5 Å². The predicted molar refractivity (Wildman–Crippen MR) is 102 cm³/mol. The zero-order valence-electron chi connectivity index (χ0n) is 16.0. The lowest BCUT2D eigenvalue weighted by molar-refractivity contribution is 0.298. The number of nitrogens with zero attached hydrogens (tertiary/aromatic N) is 2. The summed E-state index contributed by atoms with van der Waals surface area (Å²) in [6.07, 6.45) is 5.11. The highest BCUT2D eigenvalue weighted by molar-refractivity contribution is 5.95. The minimum absolute atomic E-state index is 0.682. The molecule has 0 unspecified atom stereocenters. The van der Waals surface area contributed by atoms with Crippen molar-refractivity contribution in [2.45, 2.75) is 52.9 Å². The van der Waals surface area contributed by atoms with Gasteiger partial charge in [0.05, 0.1) is 18.8 Å². The Kier molecular flexibility index (Phi) is 6.31. The molecule has 1 aliphatic rings. The molecule has 2 heterocycles. The number of hydrogen-bond acceptors (Lipinski definition) is 5. The third-order valence-corrected chi connectivity index (χ3v) is 4.56. The van der Waals surface area contributed by atoms with E-state index in [4.69, 9.17) is 14.0 Å². The lowest BCUT2D eigenvalue weighted by Gasteiger charge is -2.15. The number of rotatable bonds is 9. The first kappa shape index (κ1) is 18.5. The van der Waals surface area contributed by atoms with E-state index in [1.165, 1.54) is 5.56 Å². The highest BCUT2D eigenvalue weighted by atomic mass is 16.5. The quantitative estimate of drug-likeness (QED) is 0.624. The molecule has 0 amide bonds. The molecule has 26 heavy (non-hydrogen) atoms. The Hall–Kier alpha value is -2.30. The zero-order valence-corrected chi connectivity index (χ0v) is 16.0. The van der Waals surface area contributed by atoms with Crippen LogP contribution >= 0.6 is 0 Å². The molecular formula is C21H28N2O3. The van der Waals surface area contributed by atoms with Crippen molar-refractivity contribution in [1.29, 1.82) is 0 Å². The second-order valence-corrected chi connectivity index (χ2v) is 6.76. The molecule has 1 aromatic heterocycles.